The minimum Gasteiger partial charge on any atom is -0.388 e. The first-order chi connectivity index (χ1) is 16.8. The molecule has 1 fully saturated rings. The number of nitrogens with zero attached hydrogens (tertiary/aromatic N) is 4. The highest BCUT2D eigenvalue weighted by Crippen LogP contribution is 2.55. The van der Waals surface area contributed by atoms with Crippen LogP contribution in [0.5, 0.6) is 0 Å². The number of fused-ring (bicyclic) bond motifs is 1. The number of aliphatic hydroxyl groups is 2. The number of ether oxygens (including phenoxy) is 1. The zero-order chi connectivity index (χ0) is 26.3. The summed E-state index contributed by atoms with van der Waals surface area (Å²) >= 11 is 12.3. The van der Waals surface area contributed by atoms with Crippen molar-refractivity contribution < 1.29 is 38.8 Å². The maximum Gasteiger partial charge on any atom is 0.335 e. The van der Waals surface area contributed by atoms with E-state index in [1.165, 1.54) is 10.9 Å². The van der Waals surface area contributed by atoms with Crippen molar-refractivity contribution in [2.75, 3.05) is 17.4 Å². The normalized spacial score (nSPS) is 24.2. The first kappa shape index (κ1) is 27.4. The van der Waals surface area contributed by atoms with E-state index in [1.807, 2.05) is 12.1 Å². The van der Waals surface area contributed by atoms with Gasteiger partial charge in [0, 0.05) is 17.7 Å². The molecule has 0 radical (unpaired) electrons. The summed E-state index contributed by atoms with van der Waals surface area (Å²) in [6, 6.07) is 7.23. The summed E-state index contributed by atoms with van der Waals surface area (Å²) < 4.78 is 30.3. The Labute approximate surface area is 214 Å². The van der Waals surface area contributed by atoms with Gasteiger partial charge in [-0.1, -0.05) is 29.8 Å². The number of benzene rings is 1. The van der Waals surface area contributed by atoms with Gasteiger partial charge >= 0.3 is 7.60 Å². The van der Waals surface area contributed by atoms with Crippen molar-refractivity contribution in [1.82, 2.24) is 19.5 Å². The third kappa shape index (κ3) is 6.25. The quantitative estimate of drug-likeness (QED) is 0.159. The minimum absolute atomic E-state index is 0.117. The van der Waals surface area contributed by atoms with E-state index in [9.17, 15) is 24.2 Å². The van der Waals surface area contributed by atoms with Crippen molar-refractivity contribution >= 4 is 55.1 Å². The van der Waals surface area contributed by atoms with E-state index in [-0.39, 0.29) is 17.4 Å². The van der Waals surface area contributed by atoms with Gasteiger partial charge in [0.05, 0.1) is 12.4 Å². The van der Waals surface area contributed by atoms with Crippen molar-refractivity contribution in [2.24, 2.45) is 0 Å². The molecular weight excluding hydrogens is 559 g/mol. The summed E-state index contributed by atoms with van der Waals surface area (Å²) in [7, 11) is -8.90. The maximum atomic E-state index is 12.1. The Morgan fingerprint density at radius 2 is 1.81 bits per heavy atom. The van der Waals surface area contributed by atoms with Gasteiger partial charge in [-0.15, -0.1) is 0 Å². The Hall–Kier alpha value is -1.63. The fraction of sp³-hybridized carbons (Fsp3) is 0.421. The van der Waals surface area contributed by atoms with E-state index in [2.05, 4.69) is 20.3 Å². The molecule has 1 aliphatic heterocycles. The van der Waals surface area contributed by atoms with Crippen LogP contribution in [0.3, 0.4) is 0 Å². The van der Waals surface area contributed by atoms with Crippen LogP contribution in [0.2, 0.25) is 10.3 Å². The third-order valence-corrected chi connectivity index (χ3v) is 10.3. The molecule has 0 aliphatic carbocycles. The number of nitrogens with one attached hydrogen (secondary N) is 1. The van der Waals surface area contributed by atoms with Gasteiger partial charge in [0.1, 0.15) is 18.1 Å². The van der Waals surface area contributed by atoms with Gasteiger partial charge in [-0.2, -0.15) is 9.97 Å². The highest BCUT2D eigenvalue weighted by atomic mass is 35.5. The SMILES string of the molecule is O=P(O)(O)CP(=O)(O)CCC1OC(n2cnc3c(NCc4ccccc4Cl)nc(Cl)nc32)C(O)C1O. The molecule has 17 heteroatoms. The largest absolute Gasteiger partial charge is 0.388 e. The molecule has 3 heterocycles. The lowest BCUT2D eigenvalue weighted by Gasteiger charge is -2.18. The van der Waals surface area contributed by atoms with Gasteiger partial charge in [-0.3, -0.25) is 13.7 Å². The number of hydrogen-bond acceptors (Lipinski definition) is 9. The highest BCUT2D eigenvalue weighted by Gasteiger charge is 2.45. The number of halogens is 2. The van der Waals surface area contributed by atoms with E-state index in [0.717, 1.165) is 5.56 Å². The Morgan fingerprint density at radius 3 is 2.50 bits per heavy atom. The zero-order valence-electron chi connectivity index (χ0n) is 18.4. The monoisotopic (exact) mass is 581 g/mol. The van der Waals surface area contributed by atoms with Crippen molar-refractivity contribution in [3.63, 3.8) is 0 Å². The molecule has 0 amide bonds. The first-order valence-corrected chi connectivity index (χ1v) is 15.2. The molecule has 6 N–H and O–H groups in total. The van der Waals surface area contributed by atoms with Crippen molar-refractivity contribution in [1.29, 1.82) is 0 Å². The molecule has 5 atom stereocenters. The standard InChI is InChI=1S/C19H23Cl2N5O8P2/c20-11-4-2-1-3-10(11)7-22-16-13-17(25-19(21)24-16)26(8-23-13)18-15(28)14(27)12(34-18)5-6-35(29,30)9-36(31,32)33/h1-4,8,12,14-15,18,27-28H,5-7,9H2,(H,29,30)(H,22,24,25)(H2,31,32,33). The lowest BCUT2D eigenvalue weighted by molar-refractivity contribution is -0.0354. The summed E-state index contributed by atoms with van der Waals surface area (Å²) in [5.41, 5.74) is 1.31. The van der Waals surface area contributed by atoms with Crippen molar-refractivity contribution in [2.45, 2.75) is 37.5 Å². The molecule has 0 spiro atoms. The Kier molecular flexibility index (Phi) is 8.09. The van der Waals surface area contributed by atoms with Gasteiger partial charge in [0.25, 0.3) is 0 Å². The molecule has 5 unspecified atom stereocenters. The third-order valence-electron chi connectivity index (χ3n) is 5.58. The van der Waals surface area contributed by atoms with E-state index < -0.39 is 51.6 Å². The molecule has 1 saturated heterocycles. The minimum atomic E-state index is -4.71. The van der Waals surface area contributed by atoms with Crippen LogP contribution in [0.25, 0.3) is 11.2 Å². The number of imidazole rings is 1. The number of anilines is 1. The van der Waals surface area contributed by atoms with Crippen LogP contribution < -0.4 is 5.32 Å². The summed E-state index contributed by atoms with van der Waals surface area (Å²) in [4.78, 5) is 40.5. The van der Waals surface area contributed by atoms with Gasteiger partial charge < -0.3 is 34.9 Å². The molecule has 36 heavy (non-hydrogen) atoms. The predicted octanol–water partition coefficient (Wildman–Crippen LogP) is 2.16. The van der Waals surface area contributed by atoms with E-state index >= 15 is 0 Å². The molecule has 2 aromatic heterocycles. The number of aliphatic hydroxyl groups excluding tert-OH is 2. The second kappa shape index (κ2) is 10.6. The molecule has 4 rings (SSSR count). The molecular formula is C19H23Cl2N5O8P2. The van der Waals surface area contributed by atoms with Crippen LogP contribution in [-0.4, -0.2) is 74.8 Å². The molecule has 0 bridgehead atoms. The second-order valence-corrected chi connectivity index (χ2v) is 13.7. The van der Waals surface area contributed by atoms with Crippen LogP contribution in [0.15, 0.2) is 30.6 Å². The molecule has 1 aliphatic rings. The van der Waals surface area contributed by atoms with Crippen LogP contribution in [-0.2, 0) is 20.4 Å². The maximum absolute atomic E-state index is 12.1. The first-order valence-electron chi connectivity index (χ1n) is 10.6. The van der Waals surface area contributed by atoms with Crippen LogP contribution in [0, 0.1) is 0 Å². The lowest BCUT2D eigenvalue weighted by atomic mass is 10.1. The highest BCUT2D eigenvalue weighted by molar-refractivity contribution is 7.72. The van der Waals surface area contributed by atoms with Crippen molar-refractivity contribution in [3.05, 3.63) is 46.5 Å². The number of rotatable bonds is 9. The average molecular weight is 582 g/mol. The lowest BCUT2D eigenvalue weighted by Crippen LogP contribution is -2.32. The van der Waals surface area contributed by atoms with E-state index in [1.54, 1.807) is 12.1 Å². The van der Waals surface area contributed by atoms with Gasteiger partial charge in [-0.05, 0) is 29.7 Å². The average Bonchev–Trinajstić information content (AvgIpc) is 3.31. The van der Waals surface area contributed by atoms with Crippen molar-refractivity contribution in [3.8, 4) is 0 Å². The molecule has 13 nitrogen and oxygen atoms in total. The summed E-state index contributed by atoms with van der Waals surface area (Å²) in [6.45, 7) is 0.314. The predicted molar refractivity (Wildman–Crippen MR) is 131 cm³/mol. The van der Waals surface area contributed by atoms with Crippen LogP contribution in [0.4, 0.5) is 5.82 Å². The Balaban J connectivity index is 1.53. The Morgan fingerprint density at radius 1 is 1.08 bits per heavy atom. The van der Waals surface area contributed by atoms with Gasteiger partial charge in [0.15, 0.2) is 23.2 Å². The van der Waals surface area contributed by atoms with Crippen LogP contribution >= 0.6 is 38.2 Å². The Bertz CT molecular complexity index is 1350. The number of hydrogen-bond donors (Lipinski definition) is 6. The number of aromatic nitrogens is 4. The van der Waals surface area contributed by atoms with Gasteiger partial charge in [-0.25, -0.2) is 4.98 Å². The smallest absolute Gasteiger partial charge is 0.335 e. The summed E-state index contributed by atoms with van der Waals surface area (Å²) in [5.74, 6) is -0.882. The second-order valence-electron chi connectivity index (χ2n) is 8.32. The van der Waals surface area contributed by atoms with Gasteiger partial charge in [0.2, 0.25) is 12.7 Å². The molecule has 3 aromatic rings. The fourth-order valence-corrected chi connectivity index (χ4v) is 7.80. The molecule has 1 aromatic carbocycles. The van der Waals surface area contributed by atoms with E-state index in [0.29, 0.717) is 22.9 Å². The summed E-state index contributed by atoms with van der Waals surface area (Å²) in [6.07, 6.45) is -4.58. The summed E-state index contributed by atoms with van der Waals surface area (Å²) in [5, 5.41) is 24.6. The molecule has 196 valence electrons. The van der Waals surface area contributed by atoms with E-state index in [4.69, 9.17) is 37.7 Å². The topological polar surface area (TPSA) is 200 Å². The molecule has 0 saturated carbocycles. The fourth-order valence-electron chi connectivity index (χ4n) is 3.91. The zero-order valence-corrected chi connectivity index (χ0v) is 21.7. The van der Waals surface area contributed by atoms with Crippen LogP contribution in [0.1, 0.15) is 18.2 Å².